The first kappa shape index (κ1) is 17.7. The second-order valence-corrected chi connectivity index (χ2v) is 7.19. The molecule has 0 aliphatic rings. The Balaban J connectivity index is 1.75. The molecule has 2 aromatic heterocycles. The van der Waals surface area contributed by atoms with Crippen molar-refractivity contribution in [3.8, 4) is 11.3 Å². The summed E-state index contributed by atoms with van der Waals surface area (Å²) >= 11 is 8.62. The Labute approximate surface area is 157 Å². The maximum atomic E-state index is 12.5. The van der Waals surface area contributed by atoms with E-state index in [1.165, 1.54) is 23.1 Å². The van der Waals surface area contributed by atoms with Crippen LogP contribution in [-0.4, -0.2) is 31.9 Å². The molecule has 0 aliphatic heterocycles. The number of anilines is 2. The van der Waals surface area contributed by atoms with E-state index in [1.54, 1.807) is 23.6 Å². The molecule has 0 fully saturated rings. The fourth-order valence-electron chi connectivity index (χ4n) is 2.20. The number of hydrogen-bond donors (Lipinski definition) is 2. The Morgan fingerprint density at radius 2 is 2.08 bits per heavy atom. The molecule has 0 aliphatic carbocycles. The summed E-state index contributed by atoms with van der Waals surface area (Å²) in [6.07, 6.45) is 1.85. The van der Waals surface area contributed by atoms with Gasteiger partial charge in [-0.25, -0.2) is 4.98 Å². The van der Waals surface area contributed by atoms with Gasteiger partial charge in [0.15, 0.2) is 10.3 Å². The second-order valence-electron chi connectivity index (χ2n) is 5.12. The molecule has 3 N–H and O–H groups in total. The minimum absolute atomic E-state index is 0.202. The van der Waals surface area contributed by atoms with Crippen molar-refractivity contribution in [3.05, 3.63) is 34.7 Å². The number of rotatable bonds is 5. The highest BCUT2D eigenvalue weighted by Gasteiger charge is 2.22. The number of benzene rings is 1. The molecule has 0 radical (unpaired) electrons. The third-order valence-electron chi connectivity index (χ3n) is 3.51. The van der Waals surface area contributed by atoms with Crippen LogP contribution in [-0.2, 0) is 4.79 Å². The third-order valence-corrected chi connectivity index (χ3v) is 5.17. The first-order valence-corrected chi connectivity index (χ1v) is 9.74. The van der Waals surface area contributed by atoms with Crippen LogP contribution in [0.2, 0.25) is 5.02 Å². The minimum atomic E-state index is -0.555. The van der Waals surface area contributed by atoms with E-state index in [0.29, 0.717) is 15.3 Å². The van der Waals surface area contributed by atoms with Crippen LogP contribution in [0, 0.1) is 0 Å². The van der Waals surface area contributed by atoms with Gasteiger partial charge in [-0.3, -0.25) is 9.36 Å². The molecule has 2 heterocycles. The minimum Gasteiger partial charge on any atom is -0.368 e. The van der Waals surface area contributed by atoms with Gasteiger partial charge in [0.25, 0.3) is 0 Å². The van der Waals surface area contributed by atoms with Gasteiger partial charge < -0.3 is 11.1 Å². The topological polar surface area (TPSA) is 98.7 Å². The molecule has 0 bridgehead atoms. The summed E-state index contributed by atoms with van der Waals surface area (Å²) in [5.74, 6) is -0.0354. The number of hydrogen-bond acceptors (Lipinski definition) is 7. The fourth-order valence-corrected chi connectivity index (χ4v) is 3.62. The molecule has 1 atom stereocenters. The lowest BCUT2D eigenvalue weighted by Crippen LogP contribution is -2.25. The van der Waals surface area contributed by atoms with E-state index in [0.717, 1.165) is 11.3 Å². The summed E-state index contributed by atoms with van der Waals surface area (Å²) in [5, 5.41) is 14.2. The number of thiazole rings is 1. The van der Waals surface area contributed by atoms with Gasteiger partial charge in [-0.1, -0.05) is 35.5 Å². The van der Waals surface area contributed by atoms with Crippen LogP contribution in [0.25, 0.3) is 11.3 Å². The second kappa shape index (κ2) is 7.42. The van der Waals surface area contributed by atoms with Crippen LogP contribution in [0.3, 0.4) is 0 Å². The fraction of sp³-hybridized carbons (Fsp3) is 0.200. The SMILES string of the molecule is CSc1nnc(N)n1C(C)C(=O)Nc1nc(-c2ccc(Cl)cc2)cs1. The molecule has 10 heteroatoms. The van der Waals surface area contributed by atoms with Crippen molar-refractivity contribution in [1.82, 2.24) is 19.7 Å². The third kappa shape index (κ3) is 3.78. The number of carbonyl (C=O) groups is 1. The molecular weight excluding hydrogens is 380 g/mol. The van der Waals surface area contributed by atoms with Crippen molar-refractivity contribution < 1.29 is 4.79 Å². The largest absolute Gasteiger partial charge is 0.368 e. The van der Waals surface area contributed by atoms with Gasteiger partial charge >= 0.3 is 0 Å². The lowest BCUT2D eigenvalue weighted by Gasteiger charge is -2.14. The molecule has 25 heavy (non-hydrogen) atoms. The first-order chi connectivity index (χ1) is 12.0. The van der Waals surface area contributed by atoms with E-state index in [2.05, 4.69) is 20.5 Å². The van der Waals surface area contributed by atoms with Gasteiger partial charge in [-0.05, 0) is 25.3 Å². The number of nitrogens with one attached hydrogen (secondary N) is 1. The lowest BCUT2D eigenvalue weighted by atomic mass is 10.2. The number of nitrogens with zero attached hydrogens (tertiary/aromatic N) is 4. The summed E-state index contributed by atoms with van der Waals surface area (Å²) in [7, 11) is 0. The Hall–Kier alpha value is -2.10. The van der Waals surface area contributed by atoms with Crippen LogP contribution >= 0.6 is 34.7 Å². The van der Waals surface area contributed by atoms with Gasteiger partial charge in [0.05, 0.1) is 5.69 Å². The highest BCUT2D eigenvalue weighted by atomic mass is 35.5. The summed E-state index contributed by atoms with van der Waals surface area (Å²) in [4.78, 5) is 17.0. The molecule has 1 aromatic carbocycles. The number of nitrogens with two attached hydrogens (primary N) is 1. The molecule has 0 spiro atoms. The van der Waals surface area contributed by atoms with E-state index in [4.69, 9.17) is 17.3 Å². The van der Waals surface area contributed by atoms with E-state index in [9.17, 15) is 4.79 Å². The number of carbonyl (C=O) groups excluding carboxylic acids is 1. The van der Waals surface area contributed by atoms with Gasteiger partial charge in [0.2, 0.25) is 11.9 Å². The van der Waals surface area contributed by atoms with E-state index in [-0.39, 0.29) is 11.9 Å². The maximum Gasteiger partial charge on any atom is 0.249 e. The lowest BCUT2D eigenvalue weighted by molar-refractivity contribution is -0.118. The summed E-state index contributed by atoms with van der Waals surface area (Å²) in [6, 6.07) is 6.81. The number of thioether (sulfide) groups is 1. The van der Waals surface area contributed by atoms with Crippen molar-refractivity contribution >= 4 is 51.7 Å². The predicted octanol–water partition coefficient (Wildman–Crippen LogP) is 3.56. The van der Waals surface area contributed by atoms with Crippen molar-refractivity contribution in [2.75, 3.05) is 17.3 Å². The standard InChI is InChI=1S/C15H15ClN6OS2/c1-8(22-13(17)20-21-15(22)24-2)12(23)19-14-18-11(7-25-14)9-3-5-10(16)6-4-9/h3-8H,1-2H3,(H2,17,20)(H,18,19,23). The quantitative estimate of drug-likeness (QED) is 0.642. The van der Waals surface area contributed by atoms with Crippen LogP contribution in [0.15, 0.2) is 34.8 Å². The maximum absolute atomic E-state index is 12.5. The molecular formula is C15H15ClN6OS2. The zero-order valence-electron chi connectivity index (χ0n) is 13.4. The van der Waals surface area contributed by atoms with Crippen molar-refractivity contribution in [2.45, 2.75) is 18.1 Å². The van der Waals surface area contributed by atoms with Gasteiger partial charge in [0.1, 0.15) is 6.04 Å². The van der Waals surface area contributed by atoms with E-state index < -0.39 is 6.04 Å². The molecule has 3 aromatic rings. The normalized spacial score (nSPS) is 12.1. The van der Waals surface area contributed by atoms with Crippen LogP contribution in [0.1, 0.15) is 13.0 Å². The van der Waals surface area contributed by atoms with Crippen molar-refractivity contribution in [1.29, 1.82) is 0 Å². The monoisotopic (exact) mass is 394 g/mol. The average molecular weight is 395 g/mol. The molecule has 1 unspecified atom stereocenters. The Kier molecular flexibility index (Phi) is 5.26. The highest BCUT2D eigenvalue weighted by Crippen LogP contribution is 2.27. The number of halogens is 1. The molecule has 1 amide bonds. The van der Waals surface area contributed by atoms with Crippen molar-refractivity contribution in [2.24, 2.45) is 0 Å². The van der Waals surface area contributed by atoms with E-state index in [1.807, 2.05) is 23.8 Å². The van der Waals surface area contributed by atoms with Crippen LogP contribution in [0.4, 0.5) is 11.1 Å². The summed E-state index contributed by atoms with van der Waals surface area (Å²) in [5.41, 5.74) is 7.52. The zero-order valence-corrected chi connectivity index (χ0v) is 15.8. The Morgan fingerprint density at radius 3 is 2.76 bits per heavy atom. The van der Waals surface area contributed by atoms with Gasteiger partial charge in [0, 0.05) is 16.0 Å². The Bertz CT molecular complexity index is 892. The van der Waals surface area contributed by atoms with Crippen LogP contribution in [0.5, 0.6) is 0 Å². The first-order valence-electron chi connectivity index (χ1n) is 7.26. The number of amides is 1. The molecule has 3 rings (SSSR count). The molecule has 7 nitrogen and oxygen atoms in total. The van der Waals surface area contributed by atoms with E-state index >= 15 is 0 Å². The van der Waals surface area contributed by atoms with Gasteiger partial charge in [-0.15, -0.1) is 21.5 Å². The molecule has 130 valence electrons. The van der Waals surface area contributed by atoms with Gasteiger partial charge in [-0.2, -0.15) is 0 Å². The highest BCUT2D eigenvalue weighted by molar-refractivity contribution is 7.98. The summed E-state index contributed by atoms with van der Waals surface area (Å²) < 4.78 is 1.59. The molecule has 0 saturated carbocycles. The average Bonchev–Trinajstić information content (AvgIpc) is 3.21. The number of nitrogen functional groups attached to an aromatic ring is 1. The van der Waals surface area contributed by atoms with Crippen LogP contribution < -0.4 is 11.1 Å². The predicted molar refractivity (Wildman–Crippen MR) is 102 cm³/mol. The number of aromatic nitrogens is 4. The van der Waals surface area contributed by atoms with Crippen molar-refractivity contribution in [3.63, 3.8) is 0 Å². The summed E-state index contributed by atoms with van der Waals surface area (Å²) in [6.45, 7) is 1.74. The molecule has 0 saturated heterocycles. The smallest absolute Gasteiger partial charge is 0.249 e. The Morgan fingerprint density at radius 1 is 1.36 bits per heavy atom. The zero-order chi connectivity index (χ0) is 18.0.